The van der Waals surface area contributed by atoms with Gasteiger partial charge < -0.3 is 24.6 Å². The van der Waals surface area contributed by atoms with Gasteiger partial charge in [0.1, 0.15) is 0 Å². The molecule has 1 fully saturated rings. The van der Waals surface area contributed by atoms with Gasteiger partial charge in [-0.2, -0.15) is 0 Å². The molecule has 0 spiro atoms. The van der Waals surface area contributed by atoms with E-state index in [2.05, 4.69) is 15.5 Å². The van der Waals surface area contributed by atoms with E-state index in [0.717, 1.165) is 30.0 Å². The Balaban J connectivity index is 1.29. The first-order chi connectivity index (χ1) is 17.5. The molecule has 2 amide bonds. The van der Waals surface area contributed by atoms with Crippen molar-refractivity contribution in [2.45, 2.75) is 0 Å². The van der Waals surface area contributed by atoms with Gasteiger partial charge in [0.2, 0.25) is 0 Å². The van der Waals surface area contributed by atoms with Crippen molar-refractivity contribution in [2.75, 3.05) is 50.6 Å². The minimum absolute atomic E-state index is 0.0680. The van der Waals surface area contributed by atoms with Crippen molar-refractivity contribution >= 4 is 40.5 Å². The first-order valence-corrected chi connectivity index (χ1v) is 11.9. The summed E-state index contributed by atoms with van der Waals surface area (Å²) in [6, 6.07) is 22.1. The van der Waals surface area contributed by atoms with Gasteiger partial charge in [0.05, 0.1) is 14.2 Å². The van der Waals surface area contributed by atoms with Crippen LogP contribution in [0.15, 0.2) is 72.8 Å². The highest BCUT2D eigenvalue weighted by molar-refractivity contribution is 7.80. The lowest BCUT2D eigenvalue weighted by atomic mass is 10.1. The Morgan fingerprint density at radius 1 is 0.806 bits per heavy atom. The van der Waals surface area contributed by atoms with E-state index in [1.165, 1.54) is 14.2 Å². The fourth-order valence-electron chi connectivity index (χ4n) is 4.00. The Labute approximate surface area is 215 Å². The van der Waals surface area contributed by atoms with Crippen LogP contribution in [0.25, 0.3) is 0 Å². The lowest BCUT2D eigenvalue weighted by Gasteiger charge is -2.36. The summed E-state index contributed by atoms with van der Waals surface area (Å²) in [7, 11) is 3.05. The molecule has 3 aromatic rings. The van der Waals surface area contributed by atoms with Gasteiger partial charge >= 0.3 is 0 Å². The van der Waals surface area contributed by atoms with Crippen LogP contribution in [-0.4, -0.2) is 62.2 Å². The zero-order chi connectivity index (χ0) is 25.5. The third-order valence-electron chi connectivity index (χ3n) is 5.95. The smallest absolute Gasteiger partial charge is 0.257 e. The molecule has 3 aromatic carbocycles. The Morgan fingerprint density at radius 3 is 2.11 bits per heavy atom. The molecular formula is C27H28N4O4S. The number of amides is 2. The molecule has 36 heavy (non-hydrogen) atoms. The number of methoxy groups -OCH3 is 2. The average Bonchev–Trinajstić information content (AvgIpc) is 2.93. The third-order valence-corrected chi connectivity index (χ3v) is 6.15. The number of anilines is 2. The van der Waals surface area contributed by atoms with Crippen molar-refractivity contribution in [3.05, 3.63) is 83.9 Å². The number of carbonyl (C=O) groups excluding carboxylic acids is 2. The first kappa shape index (κ1) is 25.0. The molecule has 0 atom stereocenters. The van der Waals surface area contributed by atoms with E-state index in [1.54, 1.807) is 18.2 Å². The van der Waals surface area contributed by atoms with Crippen LogP contribution in [0.3, 0.4) is 0 Å². The summed E-state index contributed by atoms with van der Waals surface area (Å²) in [5, 5.41) is 5.90. The zero-order valence-electron chi connectivity index (χ0n) is 20.2. The van der Waals surface area contributed by atoms with Gasteiger partial charge in [0.25, 0.3) is 11.8 Å². The molecule has 0 radical (unpaired) electrons. The number of piperazine rings is 1. The third kappa shape index (κ3) is 5.92. The van der Waals surface area contributed by atoms with Crippen LogP contribution in [0.5, 0.6) is 11.5 Å². The van der Waals surface area contributed by atoms with E-state index in [4.69, 9.17) is 21.7 Å². The van der Waals surface area contributed by atoms with Crippen molar-refractivity contribution in [3.8, 4) is 11.5 Å². The highest BCUT2D eigenvalue weighted by Crippen LogP contribution is 2.27. The largest absolute Gasteiger partial charge is 0.493 e. The van der Waals surface area contributed by atoms with Crippen LogP contribution in [-0.2, 0) is 0 Å². The second-order valence-corrected chi connectivity index (χ2v) is 8.58. The number of hydrogen-bond acceptors (Lipinski definition) is 6. The monoisotopic (exact) mass is 504 g/mol. The molecule has 8 nitrogen and oxygen atoms in total. The molecule has 1 aliphatic rings. The number of benzene rings is 3. The van der Waals surface area contributed by atoms with Crippen LogP contribution in [0.4, 0.5) is 11.4 Å². The van der Waals surface area contributed by atoms with Gasteiger partial charge in [0, 0.05) is 48.7 Å². The van der Waals surface area contributed by atoms with E-state index >= 15 is 0 Å². The Hall–Kier alpha value is -4.11. The van der Waals surface area contributed by atoms with Gasteiger partial charge in [-0.05, 0) is 66.8 Å². The summed E-state index contributed by atoms with van der Waals surface area (Å²) in [4.78, 5) is 29.4. The fourth-order valence-corrected chi connectivity index (χ4v) is 4.21. The molecule has 186 valence electrons. The number of rotatable bonds is 6. The summed E-state index contributed by atoms with van der Waals surface area (Å²) in [5.74, 6) is 0.718. The Kier molecular flexibility index (Phi) is 8.02. The average molecular weight is 505 g/mol. The van der Waals surface area contributed by atoms with Crippen molar-refractivity contribution in [2.24, 2.45) is 0 Å². The SMILES string of the molecule is COc1ccc(C(=O)NC(=S)Nc2ccc(N3CCN(C(=O)c4ccccc4)CC3)cc2)cc1OC. The summed E-state index contributed by atoms with van der Waals surface area (Å²) in [6.45, 7) is 2.84. The second-order valence-electron chi connectivity index (χ2n) is 8.17. The van der Waals surface area contributed by atoms with Crippen molar-refractivity contribution in [1.82, 2.24) is 10.2 Å². The van der Waals surface area contributed by atoms with E-state index in [-0.39, 0.29) is 16.9 Å². The van der Waals surface area contributed by atoms with Gasteiger partial charge in [0.15, 0.2) is 16.6 Å². The summed E-state index contributed by atoms with van der Waals surface area (Å²) in [6.07, 6.45) is 0. The first-order valence-electron chi connectivity index (χ1n) is 11.5. The van der Waals surface area contributed by atoms with E-state index < -0.39 is 0 Å². The summed E-state index contributed by atoms with van der Waals surface area (Å²) < 4.78 is 10.5. The molecule has 0 unspecified atom stereocenters. The standard InChI is InChI=1S/C27H28N4O4S/c1-34-23-13-8-20(18-24(23)35-2)25(32)29-27(36)28-21-9-11-22(12-10-21)30-14-16-31(17-15-30)26(33)19-6-4-3-5-7-19/h3-13,18H,14-17H2,1-2H3,(H2,28,29,32,36). The highest BCUT2D eigenvalue weighted by Gasteiger charge is 2.22. The molecule has 9 heteroatoms. The van der Waals surface area contributed by atoms with Crippen LogP contribution < -0.4 is 25.0 Å². The molecule has 0 aliphatic carbocycles. The highest BCUT2D eigenvalue weighted by atomic mass is 32.1. The maximum atomic E-state index is 12.7. The lowest BCUT2D eigenvalue weighted by Crippen LogP contribution is -2.48. The number of carbonyl (C=O) groups is 2. The zero-order valence-corrected chi connectivity index (χ0v) is 21.0. The number of hydrogen-bond donors (Lipinski definition) is 2. The molecule has 0 aromatic heterocycles. The predicted molar refractivity (Wildman–Crippen MR) is 144 cm³/mol. The van der Waals surface area contributed by atoms with E-state index in [0.29, 0.717) is 30.2 Å². The number of thiocarbonyl (C=S) groups is 1. The minimum atomic E-state index is -0.354. The maximum absolute atomic E-state index is 12.7. The second kappa shape index (κ2) is 11.5. The molecule has 1 saturated heterocycles. The quantitative estimate of drug-likeness (QED) is 0.494. The van der Waals surface area contributed by atoms with Crippen molar-refractivity contribution in [3.63, 3.8) is 0 Å². The van der Waals surface area contributed by atoms with Gasteiger partial charge in [-0.25, -0.2) is 0 Å². The van der Waals surface area contributed by atoms with Crippen LogP contribution in [0, 0.1) is 0 Å². The summed E-state index contributed by atoms with van der Waals surface area (Å²) in [5.41, 5.74) is 2.94. The van der Waals surface area contributed by atoms with Crippen LogP contribution in [0.2, 0.25) is 0 Å². The summed E-state index contributed by atoms with van der Waals surface area (Å²) >= 11 is 5.31. The van der Waals surface area contributed by atoms with Gasteiger partial charge in [-0.3, -0.25) is 14.9 Å². The molecule has 4 rings (SSSR count). The molecule has 0 saturated carbocycles. The molecule has 0 bridgehead atoms. The normalized spacial score (nSPS) is 13.1. The predicted octanol–water partition coefficient (Wildman–Crippen LogP) is 3.79. The lowest BCUT2D eigenvalue weighted by molar-refractivity contribution is 0.0746. The molecule has 2 N–H and O–H groups in total. The van der Waals surface area contributed by atoms with Crippen LogP contribution in [0.1, 0.15) is 20.7 Å². The molecule has 1 heterocycles. The van der Waals surface area contributed by atoms with Crippen molar-refractivity contribution in [1.29, 1.82) is 0 Å². The topological polar surface area (TPSA) is 83.1 Å². The minimum Gasteiger partial charge on any atom is -0.493 e. The molecular weight excluding hydrogens is 476 g/mol. The van der Waals surface area contributed by atoms with Gasteiger partial charge in [-0.1, -0.05) is 18.2 Å². The molecule has 1 aliphatic heterocycles. The van der Waals surface area contributed by atoms with Crippen molar-refractivity contribution < 1.29 is 19.1 Å². The van der Waals surface area contributed by atoms with Crippen LogP contribution >= 0.6 is 12.2 Å². The number of ether oxygens (including phenoxy) is 2. The van der Waals surface area contributed by atoms with Gasteiger partial charge in [-0.15, -0.1) is 0 Å². The van der Waals surface area contributed by atoms with E-state index in [9.17, 15) is 9.59 Å². The number of nitrogens with zero attached hydrogens (tertiary/aromatic N) is 2. The van der Waals surface area contributed by atoms with E-state index in [1.807, 2.05) is 59.5 Å². The Morgan fingerprint density at radius 2 is 1.47 bits per heavy atom. The maximum Gasteiger partial charge on any atom is 0.257 e. The Bertz CT molecular complexity index is 1230. The fraction of sp³-hybridized carbons (Fsp3) is 0.222. The number of nitrogens with one attached hydrogen (secondary N) is 2.